The molecule has 0 radical (unpaired) electrons. The van der Waals surface area contributed by atoms with Crippen LogP contribution in [0.15, 0.2) is 41.8 Å². The number of aliphatic hydroxyl groups excluding tert-OH is 1. The van der Waals surface area contributed by atoms with Crippen LogP contribution in [-0.2, 0) is 23.7 Å². The predicted molar refractivity (Wildman–Crippen MR) is 147 cm³/mol. The fraction of sp³-hybridized carbons (Fsp3) is 0.458. The average Bonchev–Trinajstić information content (AvgIpc) is 2.93. The van der Waals surface area contributed by atoms with Crippen molar-refractivity contribution in [2.45, 2.75) is 12.5 Å². The lowest BCUT2D eigenvalue weighted by Crippen LogP contribution is -2.35. The van der Waals surface area contributed by atoms with Gasteiger partial charge < -0.3 is 34.7 Å². The van der Waals surface area contributed by atoms with Crippen LogP contribution < -0.4 is 10.6 Å². The molecule has 0 saturated heterocycles. The minimum Gasteiger partial charge on any atom is -0.463 e. The SMILES string of the molecule is [N-]=[N+]=NCCOCCOCCOCCC(=O)OC[C@@H](O)CNC(=O)c1ccncc1Nc1ccc(I)cc1F. The number of hydrogen-bond acceptors (Lipinski definition) is 10. The lowest BCUT2D eigenvalue weighted by atomic mass is 10.2. The third-order valence-electron chi connectivity index (χ3n) is 4.79. The van der Waals surface area contributed by atoms with Crippen molar-refractivity contribution >= 4 is 45.8 Å². The number of esters is 1. The highest BCUT2D eigenvalue weighted by molar-refractivity contribution is 14.1. The molecule has 13 nitrogen and oxygen atoms in total. The smallest absolute Gasteiger partial charge is 0.308 e. The molecule has 0 spiro atoms. The highest BCUT2D eigenvalue weighted by Crippen LogP contribution is 2.23. The first kappa shape index (κ1) is 32.1. The highest BCUT2D eigenvalue weighted by Gasteiger charge is 2.16. The van der Waals surface area contributed by atoms with E-state index in [1.165, 1.54) is 24.5 Å². The monoisotopic (exact) mass is 660 g/mol. The standard InChI is InChI=1S/C24H30FIN6O7/c25-20-13-17(26)1-2-21(20)31-22-15-28-5-3-19(22)24(35)29-14-18(33)16-39-23(34)4-7-36-9-11-38-12-10-37-8-6-30-32-27/h1-3,5,13,15,18,31,33H,4,6-12,14,16H2,(H,29,35)/t18-/m0/s1. The van der Waals surface area contributed by atoms with E-state index in [-0.39, 0.29) is 56.3 Å². The number of pyridine rings is 1. The molecule has 1 aromatic carbocycles. The summed E-state index contributed by atoms with van der Waals surface area (Å²) in [6.07, 6.45) is 1.67. The summed E-state index contributed by atoms with van der Waals surface area (Å²) in [5.74, 6) is -1.56. The van der Waals surface area contributed by atoms with Crippen LogP contribution in [0.5, 0.6) is 0 Å². The van der Waals surface area contributed by atoms with Crippen molar-refractivity contribution in [3.63, 3.8) is 0 Å². The Morgan fingerprint density at radius 1 is 1.10 bits per heavy atom. The number of ether oxygens (including phenoxy) is 4. The summed E-state index contributed by atoms with van der Waals surface area (Å²) in [6.45, 7) is 1.56. The molecule has 0 aliphatic rings. The van der Waals surface area contributed by atoms with E-state index < -0.39 is 23.8 Å². The van der Waals surface area contributed by atoms with Gasteiger partial charge >= 0.3 is 5.97 Å². The van der Waals surface area contributed by atoms with Gasteiger partial charge in [0.05, 0.1) is 69.2 Å². The Hall–Kier alpha value is -3.08. The van der Waals surface area contributed by atoms with Crippen LogP contribution in [0, 0.1) is 9.39 Å². The Morgan fingerprint density at radius 3 is 2.54 bits per heavy atom. The summed E-state index contributed by atoms with van der Waals surface area (Å²) in [7, 11) is 0. The molecule has 0 fully saturated rings. The maximum Gasteiger partial charge on any atom is 0.308 e. The number of rotatable bonds is 19. The van der Waals surface area contributed by atoms with E-state index in [4.69, 9.17) is 24.5 Å². The molecule has 1 atom stereocenters. The molecule has 2 aromatic rings. The molecular weight excluding hydrogens is 630 g/mol. The molecule has 0 unspecified atom stereocenters. The average molecular weight is 660 g/mol. The Morgan fingerprint density at radius 2 is 1.82 bits per heavy atom. The Bertz CT molecular complexity index is 1110. The van der Waals surface area contributed by atoms with Crippen LogP contribution in [0.25, 0.3) is 10.4 Å². The zero-order valence-electron chi connectivity index (χ0n) is 21.1. The second kappa shape index (κ2) is 19.1. The van der Waals surface area contributed by atoms with E-state index >= 15 is 0 Å². The van der Waals surface area contributed by atoms with Gasteiger partial charge in [0, 0.05) is 27.8 Å². The molecule has 0 aliphatic carbocycles. The fourth-order valence-electron chi connectivity index (χ4n) is 2.90. The van der Waals surface area contributed by atoms with Crippen molar-refractivity contribution in [3.8, 4) is 0 Å². The van der Waals surface area contributed by atoms with Crippen LogP contribution in [0.2, 0.25) is 0 Å². The molecule has 39 heavy (non-hydrogen) atoms. The third-order valence-corrected chi connectivity index (χ3v) is 5.47. The molecule has 15 heteroatoms. The number of halogens is 2. The largest absolute Gasteiger partial charge is 0.463 e. The topological polar surface area (TPSA) is 177 Å². The predicted octanol–water partition coefficient (Wildman–Crippen LogP) is 2.95. The summed E-state index contributed by atoms with van der Waals surface area (Å²) in [6, 6.07) is 6.09. The number of aliphatic hydroxyl groups is 1. The minimum atomic E-state index is -1.13. The van der Waals surface area contributed by atoms with Gasteiger partial charge in [-0.05, 0) is 52.4 Å². The number of hydrogen-bond donors (Lipinski definition) is 3. The number of nitrogens with zero attached hydrogens (tertiary/aromatic N) is 4. The van der Waals surface area contributed by atoms with Crippen molar-refractivity contribution in [3.05, 3.63) is 62.1 Å². The Kier molecular flexibility index (Phi) is 15.7. The first-order valence-electron chi connectivity index (χ1n) is 11.9. The molecule has 1 aromatic heterocycles. The van der Waals surface area contributed by atoms with E-state index in [2.05, 4.69) is 25.6 Å². The molecule has 0 aliphatic heterocycles. The number of carbonyl (C=O) groups is 2. The van der Waals surface area contributed by atoms with Crippen molar-refractivity contribution in [2.24, 2.45) is 5.11 Å². The summed E-state index contributed by atoms with van der Waals surface area (Å²) < 4.78 is 35.7. The molecule has 3 N–H and O–H groups in total. The zero-order chi connectivity index (χ0) is 28.3. The van der Waals surface area contributed by atoms with Gasteiger partial charge in [0.2, 0.25) is 0 Å². The van der Waals surface area contributed by atoms with Gasteiger partial charge in [-0.2, -0.15) is 0 Å². The van der Waals surface area contributed by atoms with E-state index in [1.54, 1.807) is 12.1 Å². The summed E-state index contributed by atoms with van der Waals surface area (Å²) in [5.41, 5.74) is 8.80. The van der Waals surface area contributed by atoms with E-state index in [9.17, 15) is 19.1 Å². The summed E-state index contributed by atoms with van der Waals surface area (Å²) in [5, 5.41) is 18.8. The van der Waals surface area contributed by atoms with Gasteiger partial charge in [0.15, 0.2) is 0 Å². The van der Waals surface area contributed by atoms with E-state index in [1.807, 2.05) is 22.6 Å². The molecule has 1 heterocycles. The molecule has 1 amide bonds. The van der Waals surface area contributed by atoms with Crippen LogP contribution in [0.4, 0.5) is 15.8 Å². The first-order valence-corrected chi connectivity index (χ1v) is 13.0. The molecule has 0 bridgehead atoms. The number of anilines is 2. The lowest BCUT2D eigenvalue weighted by Gasteiger charge is -2.15. The second-order valence-corrected chi connectivity index (χ2v) is 9.00. The van der Waals surface area contributed by atoms with Gasteiger partial charge in [-0.25, -0.2) is 4.39 Å². The van der Waals surface area contributed by atoms with Gasteiger partial charge in [0.1, 0.15) is 18.5 Å². The maximum atomic E-state index is 14.2. The first-order chi connectivity index (χ1) is 18.9. The van der Waals surface area contributed by atoms with Gasteiger partial charge in [-0.1, -0.05) is 5.11 Å². The number of benzene rings is 1. The Labute approximate surface area is 238 Å². The van der Waals surface area contributed by atoms with Crippen molar-refractivity contribution in [1.82, 2.24) is 10.3 Å². The molecule has 212 valence electrons. The van der Waals surface area contributed by atoms with Crippen LogP contribution in [-0.4, -0.2) is 87.4 Å². The molecular formula is C24H30FIN6O7. The van der Waals surface area contributed by atoms with Gasteiger partial charge in [0.25, 0.3) is 5.91 Å². The molecule has 0 saturated carbocycles. The van der Waals surface area contributed by atoms with Crippen LogP contribution in [0.3, 0.4) is 0 Å². The quantitative estimate of drug-likeness (QED) is 0.0511. The number of amides is 1. The van der Waals surface area contributed by atoms with Gasteiger partial charge in [-0.15, -0.1) is 0 Å². The normalized spacial score (nSPS) is 11.4. The number of carbonyl (C=O) groups excluding carboxylic acids is 2. The van der Waals surface area contributed by atoms with E-state index in [0.717, 1.165) is 3.57 Å². The molecule has 2 rings (SSSR count). The third kappa shape index (κ3) is 13.5. The van der Waals surface area contributed by atoms with E-state index in [0.29, 0.717) is 26.4 Å². The maximum absolute atomic E-state index is 14.2. The number of nitrogens with one attached hydrogen (secondary N) is 2. The fourth-order valence-corrected chi connectivity index (χ4v) is 3.35. The van der Waals surface area contributed by atoms with Crippen molar-refractivity contribution < 1.29 is 38.0 Å². The second-order valence-electron chi connectivity index (χ2n) is 7.76. The zero-order valence-corrected chi connectivity index (χ0v) is 23.2. The van der Waals surface area contributed by atoms with Crippen molar-refractivity contribution in [1.29, 1.82) is 0 Å². The summed E-state index contributed by atoms with van der Waals surface area (Å²) in [4.78, 5) is 31.0. The van der Waals surface area contributed by atoms with Gasteiger partial charge in [-0.3, -0.25) is 14.6 Å². The number of aromatic nitrogens is 1. The highest BCUT2D eigenvalue weighted by atomic mass is 127. The minimum absolute atomic E-state index is 0.0112. The van der Waals surface area contributed by atoms with Crippen LogP contribution >= 0.6 is 22.6 Å². The Balaban J connectivity index is 1.59. The lowest BCUT2D eigenvalue weighted by molar-refractivity contribution is -0.147. The van der Waals surface area contributed by atoms with Crippen LogP contribution in [0.1, 0.15) is 16.8 Å². The summed E-state index contributed by atoms with van der Waals surface area (Å²) >= 11 is 1.99. The van der Waals surface area contributed by atoms with Crippen molar-refractivity contribution in [2.75, 3.05) is 64.7 Å². The number of azide groups is 1.